The van der Waals surface area contributed by atoms with Gasteiger partial charge >= 0.3 is 11.9 Å². The molecular weight excluding hydrogens is 803 g/mol. The number of ether oxygens (including phenoxy) is 5. The third-order valence-corrected chi connectivity index (χ3v) is 11.6. The summed E-state index contributed by atoms with van der Waals surface area (Å²) in [5.41, 5.74) is 0.258. The third kappa shape index (κ3) is 8.99. The van der Waals surface area contributed by atoms with Crippen LogP contribution >= 0.6 is 0 Å². The van der Waals surface area contributed by atoms with E-state index in [9.17, 15) is 29.7 Å². The molecule has 4 fully saturated rings. The van der Waals surface area contributed by atoms with E-state index in [0.717, 1.165) is 0 Å². The second-order valence-electron chi connectivity index (χ2n) is 17.0. The molecule has 2 amide bonds. The van der Waals surface area contributed by atoms with Crippen LogP contribution < -0.4 is 10.6 Å². The number of hydrogen-bond acceptors (Lipinski definition) is 14. The van der Waals surface area contributed by atoms with E-state index in [0.29, 0.717) is 22.3 Å². The number of nitrogens with one attached hydrogen (secondary N) is 2. The van der Waals surface area contributed by atoms with Gasteiger partial charge in [-0.25, -0.2) is 0 Å². The van der Waals surface area contributed by atoms with Gasteiger partial charge in [-0.2, -0.15) is 5.06 Å². The molecule has 4 aliphatic rings. The lowest BCUT2D eigenvalue weighted by atomic mass is 9.62. The van der Waals surface area contributed by atoms with Gasteiger partial charge in [0.1, 0.15) is 48.1 Å². The van der Waals surface area contributed by atoms with Crippen molar-refractivity contribution in [2.45, 2.75) is 114 Å². The number of nitrogens with zero attached hydrogens (tertiary/aromatic N) is 1. The van der Waals surface area contributed by atoms with Crippen molar-refractivity contribution in [1.82, 2.24) is 15.7 Å². The maximum Gasteiger partial charge on any atom is 0.327 e. The normalized spacial score (nSPS) is 26.5. The first-order chi connectivity index (χ1) is 29.7. The summed E-state index contributed by atoms with van der Waals surface area (Å²) < 4.78 is 30.9. The third-order valence-electron chi connectivity index (χ3n) is 11.6. The molecule has 1 saturated carbocycles. The predicted molar refractivity (Wildman–Crippen MR) is 221 cm³/mol. The van der Waals surface area contributed by atoms with Crippen LogP contribution in [-0.2, 0) is 60.0 Å². The van der Waals surface area contributed by atoms with Crippen molar-refractivity contribution in [3.05, 3.63) is 113 Å². The molecule has 62 heavy (non-hydrogen) atoms. The summed E-state index contributed by atoms with van der Waals surface area (Å²) in [4.78, 5) is 62.8. The summed E-state index contributed by atoms with van der Waals surface area (Å²) in [7, 11) is 0. The minimum atomic E-state index is -1.75. The van der Waals surface area contributed by atoms with Gasteiger partial charge in [-0.15, -0.1) is 0 Å². The Hall–Kier alpha value is -5.20. The minimum Gasteiger partial charge on any atom is -0.499 e. The first-order valence-corrected chi connectivity index (χ1v) is 20.9. The van der Waals surface area contributed by atoms with Gasteiger partial charge in [-0.3, -0.25) is 24.0 Å². The number of esters is 2. The summed E-state index contributed by atoms with van der Waals surface area (Å²) >= 11 is 0. The minimum absolute atomic E-state index is 0.00657. The number of amides is 2. The van der Waals surface area contributed by atoms with Gasteiger partial charge in [0.05, 0.1) is 38.2 Å². The van der Waals surface area contributed by atoms with Crippen molar-refractivity contribution in [2.75, 3.05) is 19.8 Å². The van der Waals surface area contributed by atoms with E-state index in [1.807, 2.05) is 84.9 Å². The number of rotatable bonds is 17. The average Bonchev–Trinajstić information content (AvgIpc) is 3.83. The van der Waals surface area contributed by atoms with Crippen LogP contribution in [0, 0.1) is 5.41 Å². The molecule has 16 heteroatoms. The molecule has 9 atom stereocenters. The van der Waals surface area contributed by atoms with E-state index in [1.54, 1.807) is 26.8 Å². The fourth-order valence-electron chi connectivity index (χ4n) is 8.81. The molecule has 1 aliphatic carbocycles. The van der Waals surface area contributed by atoms with Crippen LogP contribution in [0.3, 0.4) is 0 Å². The Kier molecular flexibility index (Phi) is 13.5. The van der Waals surface area contributed by atoms with E-state index in [-0.39, 0.29) is 39.0 Å². The number of hydrogen-bond donors (Lipinski definition) is 5. The Morgan fingerprint density at radius 3 is 2.21 bits per heavy atom. The van der Waals surface area contributed by atoms with E-state index < -0.39 is 95.8 Å². The molecule has 3 aromatic rings. The van der Waals surface area contributed by atoms with Crippen LogP contribution in [0.25, 0.3) is 6.08 Å². The van der Waals surface area contributed by atoms with Gasteiger partial charge in [0.25, 0.3) is 0 Å². The molecule has 3 aromatic carbocycles. The largest absolute Gasteiger partial charge is 0.499 e. The highest BCUT2D eigenvalue weighted by molar-refractivity contribution is 5.96. The highest BCUT2D eigenvalue weighted by Gasteiger charge is 2.76. The summed E-state index contributed by atoms with van der Waals surface area (Å²) in [6, 6.07) is 22.1. The molecule has 3 saturated heterocycles. The summed E-state index contributed by atoms with van der Waals surface area (Å²) in [6.07, 6.45) is -2.53. The average molecular weight is 858 g/mol. The second kappa shape index (κ2) is 18.6. The molecule has 3 aliphatic heterocycles. The van der Waals surface area contributed by atoms with Gasteiger partial charge in [-0.1, -0.05) is 84.9 Å². The van der Waals surface area contributed by atoms with E-state index in [2.05, 4.69) is 10.6 Å². The maximum atomic E-state index is 15.2. The molecule has 5 N–H and O–H groups in total. The van der Waals surface area contributed by atoms with Gasteiger partial charge in [0.2, 0.25) is 17.6 Å². The molecule has 0 aromatic heterocycles. The second-order valence-corrected chi connectivity index (χ2v) is 17.0. The smallest absolute Gasteiger partial charge is 0.327 e. The van der Waals surface area contributed by atoms with E-state index >= 15 is 4.79 Å². The number of aliphatic hydroxyl groups is 3. The number of benzene rings is 3. The first kappa shape index (κ1) is 44.8. The lowest BCUT2D eigenvalue weighted by molar-refractivity contribution is -0.213. The van der Waals surface area contributed by atoms with Gasteiger partial charge in [0, 0.05) is 24.0 Å². The van der Waals surface area contributed by atoms with Gasteiger partial charge < -0.3 is 49.6 Å². The summed E-state index contributed by atoms with van der Waals surface area (Å²) in [5, 5.41) is 37.2. The zero-order valence-electron chi connectivity index (χ0n) is 35.2. The van der Waals surface area contributed by atoms with Gasteiger partial charge in [-0.05, 0) is 51.3 Å². The Balaban J connectivity index is 1.24. The Labute approximate surface area is 360 Å². The van der Waals surface area contributed by atoms with Crippen LogP contribution in [0.1, 0.15) is 69.2 Å². The SMILES string of the molecule is CC(O)C(NC(=O)C12CC3OC(=O)C1N(Cc1ccccc1C=COCCO)OC2C1OC(c2ccccc2)(c2ccccc2)OC31)C(=O)NC(CO)CCC(=O)OC(C)(C)C. The van der Waals surface area contributed by atoms with E-state index in [4.69, 9.17) is 28.5 Å². The Morgan fingerprint density at radius 2 is 1.58 bits per heavy atom. The predicted octanol–water partition coefficient (Wildman–Crippen LogP) is 2.62. The highest BCUT2D eigenvalue weighted by atomic mass is 16.8. The number of hydroxylamine groups is 2. The maximum absolute atomic E-state index is 15.2. The van der Waals surface area contributed by atoms with Gasteiger partial charge in [0.15, 0.2) is 6.04 Å². The van der Waals surface area contributed by atoms with Crippen molar-refractivity contribution >= 4 is 29.8 Å². The standard InChI is InChI=1S/C46H55N3O13/c1-28(52)36(41(54)47-33(27-51)19-20-35(53)59-44(2,3)4)48-43(56)45-25-34-37-38(61-46(60-37,31-15-7-5-8-16-31)32-17-9-6-10-18-32)40(45)62-49(39(45)42(55)58-34)26-30-14-12-11-13-29(30)21-23-57-24-22-50/h5-18,21,23,28,33-34,36-40,50-52H,19-20,22,24-27H2,1-4H3,(H,47,54)(H,48,56). The molecule has 2 bridgehead atoms. The zero-order valence-corrected chi connectivity index (χ0v) is 35.2. The van der Waals surface area contributed by atoms with Crippen LogP contribution in [0.2, 0.25) is 0 Å². The zero-order chi connectivity index (χ0) is 44.2. The van der Waals surface area contributed by atoms with Crippen LogP contribution in [0.5, 0.6) is 0 Å². The van der Waals surface area contributed by atoms with Crippen molar-refractivity contribution in [1.29, 1.82) is 0 Å². The first-order valence-electron chi connectivity index (χ1n) is 20.9. The molecule has 7 rings (SSSR count). The lowest BCUT2D eigenvalue weighted by Gasteiger charge is -2.49. The molecule has 332 valence electrons. The summed E-state index contributed by atoms with van der Waals surface area (Å²) in [5.74, 6) is -4.36. The fourth-order valence-corrected chi connectivity index (χ4v) is 8.81. The quantitative estimate of drug-likeness (QED) is 0.0751. The fraction of sp³-hybridized carbons (Fsp3) is 0.478. The van der Waals surface area contributed by atoms with Crippen molar-refractivity contribution in [2.24, 2.45) is 5.41 Å². The van der Waals surface area contributed by atoms with E-state index in [1.165, 1.54) is 18.2 Å². The van der Waals surface area contributed by atoms with Crippen LogP contribution in [0.4, 0.5) is 0 Å². The number of aliphatic hydroxyl groups excluding tert-OH is 3. The van der Waals surface area contributed by atoms with Crippen molar-refractivity contribution in [3.8, 4) is 0 Å². The van der Waals surface area contributed by atoms with Crippen LogP contribution in [-0.4, -0.2) is 118 Å². The van der Waals surface area contributed by atoms with Crippen molar-refractivity contribution < 1.29 is 63.0 Å². The monoisotopic (exact) mass is 857 g/mol. The highest BCUT2D eigenvalue weighted by Crippen LogP contribution is 2.59. The molecule has 9 unspecified atom stereocenters. The molecule has 0 spiro atoms. The Bertz CT molecular complexity index is 2050. The molecular formula is C46H55N3O13. The number of carbonyl (C=O) groups is 4. The van der Waals surface area contributed by atoms with Crippen molar-refractivity contribution in [3.63, 3.8) is 0 Å². The summed E-state index contributed by atoms with van der Waals surface area (Å²) in [6.45, 7) is 5.91. The molecule has 3 heterocycles. The number of carbonyl (C=O) groups excluding carboxylic acids is 4. The molecule has 0 radical (unpaired) electrons. The Morgan fingerprint density at radius 1 is 0.935 bits per heavy atom. The lowest BCUT2D eigenvalue weighted by Crippen LogP contribution is -2.71. The molecule has 16 nitrogen and oxygen atoms in total. The topological polar surface area (TPSA) is 212 Å². The number of fused-ring (bicyclic) bond motifs is 4. The van der Waals surface area contributed by atoms with Crippen LogP contribution in [0.15, 0.2) is 91.2 Å².